The van der Waals surface area contributed by atoms with E-state index in [1.807, 2.05) is 0 Å². The van der Waals surface area contributed by atoms with Crippen LogP contribution in [-0.4, -0.2) is 5.78 Å². The molecule has 0 radical (unpaired) electrons. The molecule has 1 nitrogen and oxygen atoms in total. The van der Waals surface area contributed by atoms with Crippen molar-refractivity contribution in [2.45, 2.75) is 154 Å². The zero-order valence-corrected chi connectivity index (χ0v) is 26.0. The van der Waals surface area contributed by atoms with Gasteiger partial charge in [-0.2, -0.15) is 0 Å². The highest BCUT2D eigenvalue weighted by atomic mass is 16.1. The van der Waals surface area contributed by atoms with Gasteiger partial charge in [-0.05, 0) is 123 Å². The molecule has 0 heterocycles. The minimum Gasteiger partial charge on any atom is -0.300 e. The van der Waals surface area contributed by atoms with E-state index in [-0.39, 0.29) is 0 Å². The van der Waals surface area contributed by atoms with E-state index in [4.69, 9.17) is 0 Å². The summed E-state index contributed by atoms with van der Waals surface area (Å²) in [6, 6.07) is 19.0. The molecule has 0 saturated heterocycles. The minimum atomic E-state index is 0.519. The molecule has 4 rings (SSSR count). The van der Waals surface area contributed by atoms with Crippen molar-refractivity contribution in [2.24, 2.45) is 11.8 Å². The number of carbonyl (C=O) groups excluding carboxylic acids is 1. The first-order valence-corrected chi connectivity index (χ1v) is 17.3. The molecule has 0 atom stereocenters. The summed E-state index contributed by atoms with van der Waals surface area (Å²) in [4.78, 5) is 12.5. The summed E-state index contributed by atoms with van der Waals surface area (Å²) in [5, 5.41) is 0. The molecular weight excluding hydrogens is 484 g/mol. The molecule has 2 fully saturated rings. The van der Waals surface area contributed by atoms with Gasteiger partial charge < -0.3 is 0 Å². The fraction of sp³-hybridized carbons (Fsp3) is 0.667. The van der Waals surface area contributed by atoms with Crippen LogP contribution in [-0.2, 0) is 17.6 Å². The van der Waals surface area contributed by atoms with Crippen LogP contribution in [0.5, 0.6) is 0 Å². The average Bonchev–Trinajstić information content (AvgIpc) is 2.99. The number of benzene rings is 2. The molecule has 0 bridgehead atoms. The standard InChI is InChI=1S/C39H58O/c1-3-9-31-15-23-35(24-16-31)37-27-19-33(20-28-37)11-5-7-13-39(40)14-8-6-12-34-21-29-38(30-22-34)36-25-17-32(10-4-2)18-26-36/h15-18,23-26,33-34,37-38H,3-14,19-22,27-30H2,1-2H3. The minimum absolute atomic E-state index is 0.519. The quantitative estimate of drug-likeness (QED) is 0.193. The molecule has 1 heteroatoms. The highest BCUT2D eigenvalue weighted by Crippen LogP contribution is 2.39. The molecule has 0 aliphatic heterocycles. The van der Waals surface area contributed by atoms with Crippen LogP contribution in [0.3, 0.4) is 0 Å². The van der Waals surface area contributed by atoms with Crippen molar-refractivity contribution < 1.29 is 4.79 Å². The van der Waals surface area contributed by atoms with E-state index in [9.17, 15) is 4.79 Å². The molecule has 220 valence electrons. The van der Waals surface area contributed by atoms with Crippen molar-refractivity contribution in [3.63, 3.8) is 0 Å². The summed E-state index contributed by atoms with van der Waals surface area (Å²) in [6.07, 6.45) is 24.8. The highest BCUT2D eigenvalue weighted by molar-refractivity contribution is 5.78. The van der Waals surface area contributed by atoms with Crippen LogP contribution >= 0.6 is 0 Å². The van der Waals surface area contributed by atoms with Crippen molar-refractivity contribution in [1.82, 2.24) is 0 Å². The van der Waals surface area contributed by atoms with Gasteiger partial charge >= 0.3 is 0 Å². The molecule has 0 unspecified atom stereocenters. The van der Waals surface area contributed by atoms with Crippen LogP contribution in [0.4, 0.5) is 0 Å². The predicted octanol–water partition coefficient (Wildman–Crippen LogP) is 11.5. The number of aryl methyl sites for hydroxylation is 2. The van der Waals surface area contributed by atoms with Crippen molar-refractivity contribution in [1.29, 1.82) is 0 Å². The zero-order valence-electron chi connectivity index (χ0n) is 26.0. The van der Waals surface area contributed by atoms with Crippen LogP contribution in [0.2, 0.25) is 0 Å². The maximum Gasteiger partial charge on any atom is 0.132 e. The molecule has 2 aliphatic carbocycles. The van der Waals surface area contributed by atoms with Gasteiger partial charge in [0, 0.05) is 12.8 Å². The molecule has 2 aromatic rings. The average molecular weight is 543 g/mol. The second-order valence-electron chi connectivity index (χ2n) is 13.4. The highest BCUT2D eigenvalue weighted by Gasteiger charge is 2.23. The van der Waals surface area contributed by atoms with Crippen molar-refractivity contribution in [3.05, 3.63) is 70.8 Å². The van der Waals surface area contributed by atoms with Gasteiger partial charge in [-0.15, -0.1) is 0 Å². The van der Waals surface area contributed by atoms with E-state index in [0.29, 0.717) is 5.78 Å². The van der Waals surface area contributed by atoms with E-state index >= 15 is 0 Å². The first-order chi connectivity index (χ1) is 19.6. The molecule has 2 saturated carbocycles. The maximum absolute atomic E-state index is 12.5. The number of rotatable bonds is 16. The van der Waals surface area contributed by atoms with Crippen molar-refractivity contribution in [3.8, 4) is 0 Å². The van der Waals surface area contributed by atoms with Crippen molar-refractivity contribution >= 4 is 5.78 Å². The lowest BCUT2D eigenvalue weighted by molar-refractivity contribution is -0.119. The van der Waals surface area contributed by atoms with Gasteiger partial charge in [0.15, 0.2) is 0 Å². The Labute approximate surface area is 246 Å². The van der Waals surface area contributed by atoms with Gasteiger partial charge in [-0.25, -0.2) is 0 Å². The Kier molecular flexibility index (Phi) is 13.3. The first-order valence-electron chi connectivity index (χ1n) is 17.3. The molecule has 2 aliphatic rings. The first kappa shape index (κ1) is 31.1. The van der Waals surface area contributed by atoms with Crippen LogP contribution < -0.4 is 0 Å². The third kappa shape index (κ3) is 10.2. The Balaban J connectivity index is 0.994. The van der Waals surface area contributed by atoms with Crippen LogP contribution in [0.25, 0.3) is 0 Å². The number of Topliss-reactive ketones (excluding diaryl/α,β-unsaturated/α-hetero) is 1. The Hall–Kier alpha value is -1.89. The van der Waals surface area contributed by atoms with Gasteiger partial charge in [0.05, 0.1) is 0 Å². The summed E-state index contributed by atoms with van der Waals surface area (Å²) in [5.74, 6) is 3.84. The van der Waals surface area contributed by atoms with E-state index in [0.717, 1.165) is 49.4 Å². The largest absolute Gasteiger partial charge is 0.300 e. The van der Waals surface area contributed by atoms with Gasteiger partial charge in [0.2, 0.25) is 0 Å². The number of unbranched alkanes of at least 4 members (excludes halogenated alkanes) is 2. The Morgan fingerprint density at radius 2 is 0.925 bits per heavy atom. The van der Waals surface area contributed by atoms with Crippen LogP contribution in [0.1, 0.15) is 164 Å². The third-order valence-electron chi connectivity index (χ3n) is 10.3. The van der Waals surface area contributed by atoms with E-state index in [1.165, 1.54) is 114 Å². The van der Waals surface area contributed by atoms with E-state index in [2.05, 4.69) is 62.4 Å². The lowest BCUT2D eigenvalue weighted by atomic mass is 9.77. The third-order valence-corrected chi connectivity index (χ3v) is 10.3. The summed E-state index contributed by atoms with van der Waals surface area (Å²) in [5.41, 5.74) is 6.09. The van der Waals surface area contributed by atoms with Gasteiger partial charge in [0.1, 0.15) is 5.78 Å². The second-order valence-corrected chi connectivity index (χ2v) is 13.4. The number of hydrogen-bond donors (Lipinski definition) is 0. The molecule has 0 spiro atoms. The Morgan fingerprint density at radius 1 is 0.550 bits per heavy atom. The smallest absolute Gasteiger partial charge is 0.132 e. The SMILES string of the molecule is CCCc1ccc(C2CCC(CCCCC(=O)CCCCC3CCC(c4ccc(CCC)cc4)CC3)CC2)cc1. The molecule has 0 N–H and O–H groups in total. The van der Waals surface area contributed by atoms with Crippen LogP contribution in [0, 0.1) is 11.8 Å². The van der Waals surface area contributed by atoms with Crippen molar-refractivity contribution in [2.75, 3.05) is 0 Å². The lowest BCUT2D eigenvalue weighted by Crippen LogP contribution is -2.13. The number of carbonyl (C=O) groups is 1. The molecule has 0 amide bonds. The molecular formula is C39H58O. The predicted molar refractivity (Wildman–Crippen MR) is 172 cm³/mol. The van der Waals surface area contributed by atoms with Gasteiger partial charge in [-0.3, -0.25) is 4.79 Å². The fourth-order valence-corrected chi connectivity index (χ4v) is 7.69. The number of hydrogen-bond acceptors (Lipinski definition) is 1. The second kappa shape index (κ2) is 17.2. The summed E-state index contributed by atoms with van der Waals surface area (Å²) in [7, 11) is 0. The topological polar surface area (TPSA) is 17.1 Å². The number of ketones is 1. The van der Waals surface area contributed by atoms with Gasteiger partial charge in [0.25, 0.3) is 0 Å². The van der Waals surface area contributed by atoms with E-state index < -0.39 is 0 Å². The lowest BCUT2D eigenvalue weighted by Gasteiger charge is -2.29. The normalized spacial score (nSPS) is 23.2. The monoisotopic (exact) mass is 542 g/mol. The fourth-order valence-electron chi connectivity index (χ4n) is 7.69. The molecule has 40 heavy (non-hydrogen) atoms. The van der Waals surface area contributed by atoms with Crippen LogP contribution in [0.15, 0.2) is 48.5 Å². The Morgan fingerprint density at radius 3 is 1.27 bits per heavy atom. The van der Waals surface area contributed by atoms with Gasteiger partial charge in [-0.1, -0.05) is 101 Å². The Bertz CT molecular complexity index is 875. The maximum atomic E-state index is 12.5. The van der Waals surface area contributed by atoms with E-state index in [1.54, 1.807) is 11.1 Å². The molecule has 0 aromatic heterocycles. The summed E-state index contributed by atoms with van der Waals surface area (Å²) >= 11 is 0. The zero-order chi connectivity index (χ0) is 28.0. The molecule has 2 aromatic carbocycles. The summed E-state index contributed by atoms with van der Waals surface area (Å²) in [6.45, 7) is 4.51. The summed E-state index contributed by atoms with van der Waals surface area (Å²) < 4.78 is 0.